The minimum atomic E-state index is -4.94. The van der Waals surface area contributed by atoms with E-state index in [0.29, 0.717) is 12.1 Å². The highest BCUT2D eigenvalue weighted by molar-refractivity contribution is 6.17. The third-order valence-electron chi connectivity index (χ3n) is 3.07. The van der Waals surface area contributed by atoms with Gasteiger partial charge >= 0.3 is 23.6 Å². The lowest BCUT2D eigenvalue weighted by Gasteiger charge is -2.22. The summed E-state index contributed by atoms with van der Waals surface area (Å²) >= 11 is 5.43. The van der Waals surface area contributed by atoms with Gasteiger partial charge in [-0.3, -0.25) is 20.2 Å². The van der Waals surface area contributed by atoms with Gasteiger partial charge in [-0.05, 0) is 6.07 Å². The van der Waals surface area contributed by atoms with Gasteiger partial charge in [-0.2, -0.15) is 8.78 Å². The molecule has 0 radical (unpaired) electrons. The number of hydrogen-bond donors (Lipinski definition) is 0. The summed E-state index contributed by atoms with van der Waals surface area (Å²) in [5, 5.41) is 21.9. The zero-order valence-corrected chi connectivity index (χ0v) is 14.5. The molecule has 1 rings (SSSR count). The van der Waals surface area contributed by atoms with Crippen LogP contribution >= 0.6 is 11.6 Å². The third-order valence-corrected chi connectivity index (χ3v) is 3.34. The number of alkyl halides is 7. The number of hydrogen-bond acceptors (Lipinski definition) is 7. The molecule has 0 atom stereocenters. The first kappa shape index (κ1) is 24.2. The molecule has 0 unspecified atom stereocenters. The Bertz CT molecular complexity index is 808. The van der Waals surface area contributed by atoms with Gasteiger partial charge in [0.05, 0.1) is 27.7 Å². The van der Waals surface area contributed by atoms with E-state index in [1.165, 1.54) is 0 Å². The van der Waals surface area contributed by atoms with Gasteiger partial charge in [-0.1, -0.05) is 0 Å². The molecule has 0 amide bonds. The lowest BCUT2D eigenvalue weighted by atomic mass is 10.1. The van der Waals surface area contributed by atoms with Crippen LogP contribution in [0, 0.1) is 20.2 Å². The average Bonchev–Trinajstić information content (AvgIpc) is 2.50. The monoisotopic (exact) mass is 454 g/mol. The van der Waals surface area contributed by atoms with Crippen molar-refractivity contribution in [1.29, 1.82) is 0 Å². The maximum absolute atomic E-state index is 13.4. The molecule has 0 heterocycles. The molecule has 16 heteroatoms. The lowest BCUT2D eigenvalue weighted by molar-refractivity contribution is -0.422. The standard InChI is InChI=1S/C13H9ClF6N2O7/c14-4-6-8(2-1-7(21(24)25)10(6)22(26)27)28-11(23)29-13(19,20)5-12(17,18)3-9(15)16/h1-2,9H,3-5H2. The van der Waals surface area contributed by atoms with Crippen LogP contribution in [0.15, 0.2) is 12.1 Å². The van der Waals surface area contributed by atoms with Crippen molar-refractivity contribution in [2.75, 3.05) is 0 Å². The summed E-state index contributed by atoms with van der Waals surface area (Å²) in [6.45, 7) is 0. The predicted molar refractivity (Wildman–Crippen MR) is 81.5 cm³/mol. The molecule has 0 fully saturated rings. The fraction of sp³-hybridized carbons (Fsp3) is 0.462. The van der Waals surface area contributed by atoms with Gasteiger partial charge in [0.1, 0.15) is 12.2 Å². The molecule has 0 aromatic heterocycles. The second-order valence-electron chi connectivity index (χ2n) is 5.28. The van der Waals surface area contributed by atoms with Crippen LogP contribution < -0.4 is 4.74 Å². The summed E-state index contributed by atoms with van der Waals surface area (Å²) in [5.74, 6) is -6.33. The van der Waals surface area contributed by atoms with E-state index in [1.807, 2.05) is 0 Å². The van der Waals surface area contributed by atoms with E-state index in [9.17, 15) is 51.4 Å². The number of halogens is 7. The van der Waals surface area contributed by atoms with Crippen LogP contribution in [0.4, 0.5) is 42.5 Å². The first-order chi connectivity index (χ1) is 13.2. The van der Waals surface area contributed by atoms with E-state index in [0.717, 1.165) is 0 Å². The molecule has 0 aliphatic carbocycles. The molecule has 0 aliphatic heterocycles. The summed E-state index contributed by atoms with van der Waals surface area (Å²) in [6, 6.07) is 1.11. The first-order valence-electron chi connectivity index (χ1n) is 7.14. The van der Waals surface area contributed by atoms with Crippen LogP contribution in [-0.4, -0.2) is 34.5 Å². The molecule has 9 nitrogen and oxygen atoms in total. The van der Waals surface area contributed by atoms with Gasteiger partial charge in [0.2, 0.25) is 6.43 Å². The maximum atomic E-state index is 13.4. The molecule has 0 saturated carbocycles. The Morgan fingerprint density at radius 2 is 1.72 bits per heavy atom. The lowest BCUT2D eigenvalue weighted by Crippen LogP contribution is -2.35. The van der Waals surface area contributed by atoms with Crippen LogP contribution in [0.2, 0.25) is 0 Å². The number of ether oxygens (including phenoxy) is 2. The number of rotatable bonds is 9. The average molecular weight is 455 g/mol. The van der Waals surface area contributed by atoms with Gasteiger partial charge in [0, 0.05) is 6.07 Å². The Hall–Kier alpha value is -2.84. The number of nitro benzene ring substituents is 2. The molecule has 1 aromatic carbocycles. The number of carbonyl (C=O) groups excluding carboxylic acids is 1. The molecule has 29 heavy (non-hydrogen) atoms. The Morgan fingerprint density at radius 1 is 1.14 bits per heavy atom. The highest BCUT2D eigenvalue weighted by Crippen LogP contribution is 2.39. The minimum absolute atomic E-state index is 0.506. The number of carbonyl (C=O) groups is 1. The smallest absolute Gasteiger partial charge is 0.394 e. The topological polar surface area (TPSA) is 122 Å². The van der Waals surface area contributed by atoms with Crippen LogP contribution in [0.5, 0.6) is 5.75 Å². The zero-order valence-electron chi connectivity index (χ0n) is 13.8. The second kappa shape index (κ2) is 9.11. The van der Waals surface area contributed by atoms with Crippen molar-refractivity contribution in [2.24, 2.45) is 0 Å². The van der Waals surface area contributed by atoms with Crippen molar-refractivity contribution >= 4 is 29.1 Å². The highest BCUT2D eigenvalue weighted by Gasteiger charge is 2.48. The largest absolute Gasteiger partial charge is 0.518 e. The molecule has 0 N–H and O–H groups in total. The molecule has 0 spiro atoms. The SMILES string of the molecule is O=C(Oc1ccc([N+](=O)[O-])c([N+](=O)[O-])c1CCl)OC(F)(F)CC(F)(F)CC(F)F. The Kier molecular flexibility index (Phi) is 7.60. The van der Waals surface area contributed by atoms with Crippen molar-refractivity contribution < 1.29 is 50.5 Å². The van der Waals surface area contributed by atoms with E-state index in [4.69, 9.17) is 11.6 Å². The Balaban J connectivity index is 3.06. The summed E-state index contributed by atoms with van der Waals surface area (Å²) in [6.07, 6.45) is -15.7. The molecule has 1 aromatic rings. The molecule has 0 saturated heterocycles. The second-order valence-corrected chi connectivity index (χ2v) is 5.54. The number of benzene rings is 1. The van der Waals surface area contributed by atoms with E-state index < -0.39 is 75.9 Å². The molecule has 0 aliphatic rings. The van der Waals surface area contributed by atoms with Crippen LogP contribution in [0.25, 0.3) is 0 Å². The fourth-order valence-corrected chi connectivity index (χ4v) is 2.31. The van der Waals surface area contributed by atoms with E-state index in [2.05, 4.69) is 9.47 Å². The third kappa shape index (κ3) is 6.92. The Labute approximate surface area is 161 Å². The summed E-state index contributed by atoms with van der Waals surface area (Å²) in [5.41, 5.74) is -3.01. The van der Waals surface area contributed by atoms with Gasteiger partial charge in [-0.25, -0.2) is 22.4 Å². The van der Waals surface area contributed by atoms with Crippen LogP contribution in [-0.2, 0) is 10.6 Å². The first-order valence-corrected chi connectivity index (χ1v) is 7.68. The van der Waals surface area contributed by atoms with Gasteiger partial charge in [-0.15, -0.1) is 11.6 Å². The van der Waals surface area contributed by atoms with E-state index >= 15 is 0 Å². The predicted octanol–water partition coefficient (Wildman–Crippen LogP) is 5.03. The van der Waals surface area contributed by atoms with Crippen molar-refractivity contribution in [3.8, 4) is 5.75 Å². The molecule has 0 bridgehead atoms. The summed E-state index contributed by atoms with van der Waals surface area (Å²) < 4.78 is 84.5. The van der Waals surface area contributed by atoms with Crippen LogP contribution in [0.1, 0.15) is 18.4 Å². The van der Waals surface area contributed by atoms with Gasteiger partial charge in [0.15, 0.2) is 0 Å². The zero-order chi connectivity index (χ0) is 22.6. The van der Waals surface area contributed by atoms with Crippen molar-refractivity contribution in [1.82, 2.24) is 0 Å². The number of nitrogens with zero attached hydrogens (tertiary/aromatic N) is 2. The Morgan fingerprint density at radius 3 is 2.17 bits per heavy atom. The molecular weight excluding hydrogens is 446 g/mol. The molecule has 162 valence electrons. The fourth-order valence-electron chi connectivity index (χ4n) is 2.05. The van der Waals surface area contributed by atoms with Crippen LogP contribution in [0.3, 0.4) is 0 Å². The van der Waals surface area contributed by atoms with Crippen molar-refractivity contribution in [3.05, 3.63) is 37.9 Å². The van der Waals surface area contributed by atoms with E-state index in [-0.39, 0.29) is 0 Å². The van der Waals surface area contributed by atoms with Crippen molar-refractivity contribution in [2.45, 2.75) is 37.2 Å². The van der Waals surface area contributed by atoms with Gasteiger partial charge < -0.3 is 9.47 Å². The highest BCUT2D eigenvalue weighted by atomic mass is 35.5. The number of nitro groups is 2. The quantitative estimate of drug-likeness (QED) is 0.128. The van der Waals surface area contributed by atoms with Gasteiger partial charge in [0.25, 0.3) is 5.92 Å². The summed E-state index contributed by atoms with van der Waals surface area (Å²) in [7, 11) is 0. The van der Waals surface area contributed by atoms with Crippen molar-refractivity contribution in [3.63, 3.8) is 0 Å². The normalized spacial score (nSPS) is 12.0. The molecular formula is C13H9ClF6N2O7. The maximum Gasteiger partial charge on any atom is 0.518 e. The summed E-state index contributed by atoms with van der Waals surface area (Å²) in [4.78, 5) is 30.9. The van der Waals surface area contributed by atoms with E-state index in [1.54, 1.807) is 0 Å². The minimum Gasteiger partial charge on any atom is -0.394 e.